The maximum absolute atomic E-state index is 5.81. The Balaban J connectivity index is 2.00. The molecule has 2 rings (SSSR count). The Bertz CT molecular complexity index is 416. The molecule has 0 spiro atoms. The first-order chi connectivity index (χ1) is 9.69. The van der Waals surface area contributed by atoms with Crippen LogP contribution in [0.4, 0.5) is 5.95 Å². The summed E-state index contributed by atoms with van der Waals surface area (Å²) < 4.78 is 5.63. The molecule has 0 amide bonds. The molecular weight excluding hydrogens is 276 g/mol. The molecule has 0 atom stereocenters. The summed E-state index contributed by atoms with van der Waals surface area (Å²) in [6.45, 7) is 8.95. The summed E-state index contributed by atoms with van der Waals surface area (Å²) in [6, 6.07) is 1.81. The van der Waals surface area contributed by atoms with Gasteiger partial charge in [0, 0.05) is 44.3 Å². The summed E-state index contributed by atoms with van der Waals surface area (Å²) in [4.78, 5) is 13.5. The van der Waals surface area contributed by atoms with Crippen LogP contribution in [0.15, 0.2) is 12.3 Å². The largest absolute Gasteiger partial charge is 0.475 e. The van der Waals surface area contributed by atoms with Crippen molar-refractivity contribution in [3.63, 3.8) is 0 Å². The fourth-order valence-corrected chi connectivity index (χ4v) is 2.54. The van der Waals surface area contributed by atoms with Crippen molar-refractivity contribution in [3.05, 3.63) is 12.3 Å². The summed E-state index contributed by atoms with van der Waals surface area (Å²) in [7, 11) is 0. The van der Waals surface area contributed by atoms with Crippen molar-refractivity contribution in [1.82, 2.24) is 14.9 Å². The topological polar surface area (TPSA) is 41.5 Å². The van der Waals surface area contributed by atoms with Gasteiger partial charge in [-0.2, -0.15) is 4.98 Å². The van der Waals surface area contributed by atoms with Crippen LogP contribution in [-0.2, 0) is 0 Å². The van der Waals surface area contributed by atoms with E-state index in [2.05, 4.69) is 19.8 Å². The van der Waals surface area contributed by atoms with Gasteiger partial charge < -0.3 is 14.5 Å². The molecule has 6 heteroatoms. The number of halogens is 1. The summed E-state index contributed by atoms with van der Waals surface area (Å²) in [5, 5.41) is 0. The molecule has 1 fully saturated rings. The van der Waals surface area contributed by atoms with Crippen LogP contribution in [0.5, 0.6) is 5.88 Å². The van der Waals surface area contributed by atoms with Crippen molar-refractivity contribution in [1.29, 1.82) is 0 Å². The van der Waals surface area contributed by atoms with Gasteiger partial charge in [0.2, 0.25) is 11.8 Å². The fourth-order valence-electron chi connectivity index (χ4n) is 2.31. The number of anilines is 1. The van der Waals surface area contributed by atoms with Crippen molar-refractivity contribution in [3.8, 4) is 5.88 Å². The number of rotatable bonds is 5. The maximum atomic E-state index is 5.81. The molecule has 1 aromatic rings. The highest BCUT2D eigenvalue weighted by atomic mass is 35.5. The SMILES string of the molecule is CC(C)Oc1ccnc(N2CCCN(CCCl)CC2)n1. The van der Waals surface area contributed by atoms with Gasteiger partial charge in [-0.3, -0.25) is 0 Å². The lowest BCUT2D eigenvalue weighted by atomic mass is 10.4. The van der Waals surface area contributed by atoms with E-state index in [0.29, 0.717) is 11.8 Å². The molecule has 0 N–H and O–H groups in total. The zero-order valence-corrected chi connectivity index (χ0v) is 13.0. The summed E-state index contributed by atoms with van der Waals surface area (Å²) in [6.07, 6.45) is 3.00. The highest BCUT2D eigenvalue weighted by molar-refractivity contribution is 6.18. The van der Waals surface area contributed by atoms with Crippen LogP contribution in [0.25, 0.3) is 0 Å². The Kier molecular flexibility index (Phi) is 5.86. The molecule has 2 heterocycles. The predicted molar refractivity (Wildman–Crippen MR) is 81.8 cm³/mol. The van der Waals surface area contributed by atoms with Gasteiger partial charge in [0.1, 0.15) is 0 Å². The number of ether oxygens (including phenoxy) is 1. The minimum absolute atomic E-state index is 0.126. The third kappa shape index (κ3) is 4.49. The molecule has 0 unspecified atom stereocenters. The van der Waals surface area contributed by atoms with Crippen molar-refractivity contribution in [2.24, 2.45) is 0 Å². The van der Waals surface area contributed by atoms with Gasteiger partial charge in [-0.05, 0) is 26.8 Å². The molecule has 0 saturated carbocycles. The first-order valence-electron chi connectivity index (χ1n) is 7.22. The molecule has 1 aliphatic rings. The van der Waals surface area contributed by atoms with Crippen molar-refractivity contribution in [2.75, 3.05) is 43.5 Å². The molecular formula is C14H23ClN4O. The Labute approximate surface area is 125 Å². The summed E-state index contributed by atoms with van der Waals surface area (Å²) in [5.41, 5.74) is 0. The third-order valence-corrected chi connectivity index (χ3v) is 3.41. The number of alkyl halides is 1. The predicted octanol–water partition coefficient (Wildman–Crippen LogP) is 2.01. The highest BCUT2D eigenvalue weighted by Gasteiger charge is 2.17. The van der Waals surface area contributed by atoms with Gasteiger partial charge in [-0.15, -0.1) is 11.6 Å². The molecule has 0 aromatic carbocycles. The van der Waals surface area contributed by atoms with Crippen LogP contribution in [-0.4, -0.2) is 59.6 Å². The molecule has 1 aliphatic heterocycles. The Morgan fingerprint density at radius 1 is 1.30 bits per heavy atom. The fraction of sp³-hybridized carbons (Fsp3) is 0.714. The Morgan fingerprint density at radius 3 is 2.90 bits per heavy atom. The van der Waals surface area contributed by atoms with E-state index in [9.17, 15) is 0 Å². The van der Waals surface area contributed by atoms with Crippen LogP contribution in [0, 0.1) is 0 Å². The average Bonchev–Trinajstić information content (AvgIpc) is 2.64. The quantitative estimate of drug-likeness (QED) is 0.778. The molecule has 1 saturated heterocycles. The third-order valence-electron chi connectivity index (χ3n) is 3.25. The lowest BCUT2D eigenvalue weighted by molar-refractivity contribution is 0.232. The normalized spacial score (nSPS) is 17.3. The van der Waals surface area contributed by atoms with E-state index < -0.39 is 0 Å². The number of nitrogens with zero attached hydrogens (tertiary/aromatic N) is 4. The van der Waals surface area contributed by atoms with Gasteiger partial charge in [0.05, 0.1) is 6.10 Å². The Hall–Kier alpha value is -1.07. The molecule has 5 nitrogen and oxygen atoms in total. The maximum Gasteiger partial charge on any atom is 0.228 e. The molecule has 20 heavy (non-hydrogen) atoms. The lowest BCUT2D eigenvalue weighted by Gasteiger charge is -2.21. The van der Waals surface area contributed by atoms with Crippen molar-refractivity contribution < 1.29 is 4.74 Å². The molecule has 0 radical (unpaired) electrons. The van der Waals surface area contributed by atoms with Crippen LogP contribution >= 0.6 is 11.6 Å². The molecule has 112 valence electrons. The zero-order valence-electron chi connectivity index (χ0n) is 12.3. The van der Waals surface area contributed by atoms with Gasteiger partial charge in [0.15, 0.2) is 0 Å². The summed E-state index contributed by atoms with van der Waals surface area (Å²) >= 11 is 5.81. The number of hydrogen-bond acceptors (Lipinski definition) is 5. The monoisotopic (exact) mass is 298 g/mol. The zero-order chi connectivity index (χ0) is 14.4. The van der Waals surface area contributed by atoms with E-state index in [1.165, 1.54) is 0 Å². The number of hydrogen-bond donors (Lipinski definition) is 0. The van der Waals surface area contributed by atoms with E-state index in [-0.39, 0.29) is 6.10 Å². The molecule has 0 aliphatic carbocycles. The van der Waals surface area contributed by atoms with E-state index in [1.807, 2.05) is 13.8 Å². The first-order valence-corrected chi connectivity index (χ1v) is 7.75. The Morgan fingerprint density at radius 2 is 2.15 bits per heavy atom. The smallest absolute Gasteiger partial charge is 0.228 e. The van der Waals surface area contributed by atoms with Crippen LogP contribution < -0.4 is 9.64 Å². The minimum atomic E-state index is 0.126. The van der Waals surface area contributed by atoms with Crippen molar-refractivity contribution in [2.45, 2.75) is 26.4 Å². The van der Waals surface area contributed by atoms with E-state index >= 15 is 0 Å². The highest BCUT2D eigenvalue weighted by Crippen LogP contribution is 2.15. The average molecular weight is 299 g/mol. The lowest BCUT2D eigenvalue weighted by Crippen LogP contribution is -2.32. The minimum Gasteiger partial charge on any atom is -0.475 e. The molecule has 1 aromatic heterocycles. The van der Waals surface area contributed by atoms with E-state index in [4.69, 9.17) is 16.3 Å². The summed E-state index contributed by atoms with van der Waals surface area (Å²) in [5.74, 6) is 2.09. The van der Waals surface area contributed by atoms with Gasteiger partial charge in [-0.1, -0.05) is 0 Å². The van der Waals surface area contributed by atoms with E-state index in [1.54, 1.807) is 12.3 Å². The standard InChI is InChI=1S/C14H23ClN4O/c1-12(2)20-13-4-6-16-14(17-13)19-8-3-7-18(9-5-15)10-11-19/h4,6,12H,3,5,7-11H2,1-2H3. The van der Waals surface area contributed by atoms with Gasteiger partial charge >= 0.3 is 0 Å². The van der Waals surface area contributed by atoms with Crippen LogP contribution in [0.1, 0.15) is 20.3 Å². The van der Waals surface area contributed by atoms with Crippen molar-refractivity contribution >= 4 is 17.5 Å². The van der Waals surface area contributed by atoms with E-state index in [0.717, 1.165) is 45.1 Å². The van der Waals surface area contributed by atoms with Gasteiger partial charge in [0.25, 0.3) is 0 Å². The van der Waals surface area contributed by atoms with Crippen LogP contribution in [0.2, 0.25) is 0 Å². The van der Waals surface area contributed by atoms with Crippen LogP contribution in [0.3, 0.4) is 0 Å². The first kappa shape index (κ1) is 15.3. The second-order valence-electron chi connectivity index (χ2n) is 5.23. The second kappa shape index (κ2) is 7.64. The number of aromatic nitrogens is 2. The van der Waals surface area contributed by atoms with Gasteiger partial charge in [-0.25, -0.2) is 4.98 Å². The second-order valence-corrected chi connectivity index (χ2v) is 5.61. The molecule has 0 bridgehead atoms.